The summed E-state index contributed by atoms with van der Waals surface area (Å²) in [4.78, 5) is 11.9. The minimum Gasteiger partial charge on any atom is -0.351 e. The number of nitrogens with one attached hydrogen (secondary N) is 1. The van der Waals surface area contributed by atoms with Crippen LogP contribution >= 0.6 is 15.9 Å². The van der Waals surface area contributed by atoms with Crippen molar-refractivity contribution in [2.24, 2.45) is 7.05 Å². The molecule has 1 amide bonds. The first-order valence-electron chi connectivity index (χ1n) is 5.74. The topological polar surface area (TPSA) is 51.9 Å². The first-order chi connectivity index (χ1) is 8.66. The van der Waals surface area contributed by atoms with Gasteiger partial charge in [0.15, 0.2) is 0 Å². The zero-order chi connectivity index (χ0) is 13.0. The smallest absolute Gasteiger partial charge is 0.267 e. The number of rotatable bonds is 5. The number of halogens is 1. The average Bonchev–Trinajstić information content (AvgIpc) is 2.94. The lowest BCUT2D eigenvalue weighted by Gasteiger charge is -2.06. The van der Waals surface area contributed by atoms with Gasteiger partial charge in [0, 0.05) is 43.2 Å². The van der Waals surface area contributed by atoms with Crippen molar-refractivity contribution in [3.8, 4) is 0 Å². The monoisotopic (exact) mass is 310 g/mol. The van der Waals surface area contributed by atoms with Crippen LogP contribution in [-0.4, -0.2) is 26.8 Å². The van der Waals surface area contributed by atoms with Crippen LogP contribution < -0.4 is 5.32 Å². The highest BCUT2D eigenvalue weighted by molar-refractivity contribution is 9.10. The van der Waals surface area contributed by atoms with Crippen molar-refractivity contribution in [1.29, 1.82) is 0 Å². The van der Waals surface area contributed by atoms with E-state index in [4.69, 9.17) is 0 Å². The van der Waals surface area contributed by atoms with E-state index in [1.165, 1.54) is 0 Å². The molecule has 2 heterocycles. The normalized spacial score (nSPS) is 10.6. The van der Waals surface area contributed by atoms with Gasteiger partial charge in [-0.15, -0.1) is 0 Å². The summed E-state index contributed by atoms with van der Waals surface area (Å²) in [6.07, 6.45) is 6.38. The molecular formula is C12H15BrN4O. The minimum atomic E-state index is -0.0522. The molecule has 2 aromatic rings. The molecule has 0 aliphatic rings. The van der Waals surface area contributed by atoms with Crippen molar-refractivity contribution < 1.29 is 4.79 Å². The van der Waals surface area contributed by atoms with E-state index in [0.29, 0.717) is 12.2 Å². The van der Waals surface area contributed by atoms with Gasteiger partial charge in [-0.3, -0.25) is 9.48 Å². The maximum atomic E-state index is 11.9. The standard InChI is InChI=1S/C12H15BrN4O/c1-16-9-10(13)8-11(16)12(18)14-4-2-6-17-7-3-5-15-17/h3,5,7-9H,2,4,6H2,1H3,(H,14,18). The van der Waals surface area contributed by atoms with Crippen LogP contribution in [0.25, 0.3) is 0 Å². The van der Waals surface area contributed by atoms with Crippen LogP contribution in [0.15, 0.2) is 35.2 Å². The Morgan fingerprint density at radius 1 is 1.56 bits per heavy atom. The molecule has 2 aromatic heterocycles. The van der Waals surface area contributed by atoms with Crippen molar-refractivity contribution in [1.82, 2.24) is 19.7 Å². The van der Waals surface area contributed by atoms with E-state index in [1.54, 1.807) is 10.8 Å². The van der Waals surface area contributed by atoms with E-state index >= 15 is 0 Å². The average molecular weight is 311 g/mol. The molecule has 0 aliphatic heterocycles. The number of hydrogen-bond acceptors (Lipinski definition) is 2. The van der Waals surface area contributed by atoms with E-state index < -0.39 is 0 Å². The molecule has 0 bridgehead atoms. The zero-order valence-corrected chi connectivity index (χ0v) is 11.7. The molecule has 0 saturated heterocycles. The number of carbonyl (C=O) groups is 1. The molecule has 0 aromatic carbocycles. The highest BCUT2D eigenvalue weighted by Crippen LogP contribution is 2.13. The maximum Gasteiger partial charge on any atom is 0.267 e. The third kappa shape index (κ3) is 3.22. The van der Waals surface area contributed by atoms with Crippen molar-refractivity contribution >= 4 is 21.8 Å². The summed E-state index contributed by atoms with van der Waals surface area (Å²) in [5.41, 5.74) is 0.654. The van der Waals surface area contributed by atoms with Gasteiger partial charge in [0.25, 0.3) is 5.91 Å². The summed E-state index contributed by atoms with van der Waals surface area (Å²) in [6.45, 7) is 1.45. The van der Waals surface area contributed by atoms with Crippen molar-refractivity contribution in [3.63, 3.8) is 0 Å². The number of amides is 1. The molecule has 2 rings (SSSR count). The molecule has 0 aliphatic carbocycles. The van der Waals surface area contributed by atoms with Crippen LogP contribution in [0.1, 0.15) is 16.9 Å². The summed E-state index contributed by atoms with van der Waals surface area (Å²) >= 11 is 3.35. The molecule has 0 atom stereocenters. The predicted octanol–water partition coefficient (Wildman–Crippen LogP) is 1.80. The summed E-state index contributed by atoms with van der Waals surface area (Å²) < 4.78 is 4.56. The number of nitrogens with zero attached hydrogens (tertiary/aromatic N) is 3. The molecule has 0 spiro atoms. The molecule has 0 saturated carbocycles. The highest BCUT2D eigenvalue weighted by atomic mass is 79.9. The zero-order valence-electron chi connectivity index (χ0n) is 10.1. The molecule has 0 radical (unpaired) electrons. The van der Waals surface area contributed by atoms with Crippen LogP contribution in [0.3, 0.4) is 0 Å². The summed E-state index contributed by atoms with van der Waals surface area (Å²) in [5, 5.41) is 7.00. The number of hydrogen-bond donors (Lipinski definition) is 1. The van der Waals surface area contributed by atoms with Gasteiger partial charge >= 0.3 is 0 Å². The second kappa shape index (κ2) is 5.86. The lowest BCUT2D eigenvalue weighted by atomic mass is 10.3. The fraction of sp³-hybridized carbons (Fsp3) is 0.333. The Morgan fingerprint density at radius 2 is 2.39 bits per heavy atom. The van der Waals surface area contributed by atoms with E-state index in [2.05, 4.69) is 26.3 Å². The quantitative estimate of drug-likeness (QED) is 0.856. The van der Waals surface area contributed by atoms with Gasteiger partial charge in [0.05, 0.1) is 0 Å². The van der Waals surface area contributed by atoms with Crippen LogP contribution in [0.2, 0.25) is 0 Å². The summed E-state index contributed by atoms with van der Waals surface area (Å²) in [7, 11) is 1.85. The number of aromatic nitrogens is 3. The van der Waals surface area contributed by atoms with E-state index in [-0.39, 0.29) is 5.91 Å². The van der Waals surface area contributed by atoms with Crippen LogP contribution in [0.4, 0.5) is 0 Å². The summed E-state index contributed by atoms with van der Waals surface area (Å²) in [6, 6.07) is 3.70. The Kier molecular flexibility index (Phi) is 4.19. The molecule has 6 heteroatoms. The Labute approximate surface area is 114 Å². The van der Waals surface area contributed by atoms with Gasteiger partial charge in [-0.2, -0.15) is 5.10 Å². The third-order valence-corrected chi connectivity index (χ3v) is 3.05. The van der Waals surface area contributed by atoms with Crippen molar-refractivity contribution in [2.75, 3.05) is 6.54 Å². The predicted molar refractivity (Wildman–Crippen MR) is 72.3 cm³/mol. The van der Waals surface area contributed by atoms with E-state index in [9.17, 15) is 4.79 Å². The van der Waals surface area contributed by atoms with Crippen molar-refractivity contribution in [3.05, 3.63) is 40.9 Å². The Hall–Kier alpha value is -1.56. The van der Waals surface area contributed by atoms with E-state index in [1.807, 2.05) is 36.3 Å². The molecule has 18 heavy (non-hydrogen) atoms. The second-order valence-corrected chi connectivity index (χ2v) is 4.95. The lowest BCUT2D eigenvalue weighted by Crippen LogP contribution is -2.26. The molecule has 5 nitrogen and oxygen atoms in total. The van der Waals surface area contributed by atoms with Gasteiger partial charge in [0.2, 0.25) is 0 Å². The van der Waals surface area contributed by atoms with Crippen LogP contribution in [0.5, 0.6) is 0 Å². The molecule has 0 unspecified atom stereocenters. The minimum absolute atomic E-state index is 0.0522. The Bertz CT molecular complexity index is 518. The van der Waals surface area contributed by atoms with Gasteiger partial charge in [0.1, 0.15) is 5.69 Å². The number of carbonyl (C=O) groups excluding carboxylic acids is 1. The molecule has 0 fully saturated rings. The first-order valence-corrected chi connectivity index (χ1v) is 6.53. The number of aryl methyl sites for hydroxylation is 2. The second-order valence-electron chi connectivity index (χ2n) is 4.03. The Morgan fingerprint density at radius 3 is 3.00 bits per heavy atom. The fourth-order valence-electron chi connectivity index (χ4n) is 1.72. The van der Waals surface area contributed by atoms with Gasteiger partial charge in [-0.05, 0) is 34.5 Å². The van der Waals surface area contributed by atoms with Crippen LogP contribution in [0, 0.1) is 0 Å². The SMILES string of the molecule is Cn1cc(Br)cc1C(=O)NCCCn1cccn1. The molecular weight excluding hydrogens is 296 g/mol. The lowest BCUT2D eigenvalue weighted by molar-refractivity contribution is 0.0944. The first kappa shape index (κ1) is 12.9. The van der Waals surface area contributed by atoms with Gasteiger partial charge in [-0.25, -0.2) is 0 Å². The summed E-state index contributed by atoms with van der Waals surface area (Å²) in [5.74, 6) is -0.0522. The van der Waals surface area contributed by atoms with E-state index in [0.717, 1.165) is 17.4 Å². The fourth-order valence-corrected chi connectivity index (χ4v) is 2.24. The van der Waals surface area contributed by atoms with Crippen molar-refractivity contribution in [2.45, 2.75) is 13.0 Å². The van der Waals surface area contributed by atoms with Gasteiger partial charge in [-0.1, -0.05) is 0 Å². The Balaban J connectivity index is 1.77. The van der Waals surface area contributed by atoms with Crippen LogP contribution in [-0.2, 0) is 13.6 Å². The largest absolute Gasteiger partial charge is 0.351 e. The highest BCUT2D eigenvalue weighted by Gasteiger charge is 2.09. The molecule has 96 valence electrons. The molecule has 1 N–H and O–H groups in total. The third-order valence-electron chi connectivity index (χ3n) is 2.61. The van der Waals surface area contributed by atoms with Gasteiger partial charge < -0.3 is 9.88 Å². The maximum absolute atomic E-state index is 11.9.